The van der Waals surface area contributed by atoms with Crippen molar-refractivity contribution in [2.75, 3.05) is 21.3 Å². The van der Waals surface area contributed by atoms with Crippen molar-refractivity contribution in [1.29, 1.82) is 0 Å². The number of aliphatic imine (C=N–C) groups is 1. The Morgan fingerprint density at radius 3 is 2.30 bits per heavy atom. The summed E-state index contributed by atoms with van der Waals surface area (Å²) in [6.45, 7) is 0. The third kappa shape index (κ3) is 3.51. The summed E-state index contributed by atoms with van der Waals surface area (Å²) in [7, 11) is 4.62. The van der Waals surface area contributed by atoms with Gasteiger partial charge < -0.3 is 28.1 Å². The molecule has 2 aromatic carbocycles. The largest absolute Gasteiger partial charge is 0.493 e. The fourth-order valence-electron chi connectivity index (χ4n) is 3.68. The van der Waals surface area contributed by atoms with E-state index in [2.05, 4.69) is 4.99 Å². The van der Waals surface area contributed by atoms with Crippen molar-refractivity contribution in [2.45, 2.75) is 0 Å². The number of hydrogen-bond donors (Lipinski definition) is 0. The molecule has 0 saturated heterocycles. The molecule has 8 nitrogen and oxygen atoms in total. The van der Waals surface area contributed by atoms with Crippen LogP contribution in [0.1, 0.15) is 16.9 Å². The zero-order valence-electron chi connectivity index (χ0n) is 18.1. The smallest absolute Gasteiger partial charge is 0.364 e. The lowest BCUT2D eigenvalue weighted by Crippen LogP contribution is -2.08. The van der Waals surface area contributed by atoms with Gasteiger partial charge in [0, 0.05) is 16.7 Å². The molecule has 0 spiro atoms. The molecule has 5 rings (SSSR count). The van der Waals surface area contributed by atoms with Crippen molar-refractivity contribution in [1.82, 2.24) is 0 Å². The van der Waals surface area contributed by atoms with Gasteiger partial charge in [0.15, 0.2) is 23.0 Å². The predicted molar refractivity (Wildman–Crippen MR) is 119 cm³/mol. The molecule has 0 N–H and O–H groups in total. The SMILES string of the molecule is COc1cc(C2=C/C(=C3/N=C(c4ccco4)OC3=O)c3ccccc3O2)cc(OC)c1OC. The fourth-order valence-corrected chi connectivity index (χ4v) is 3.68. The molecule has 2 aliphatic heterocycles. The van der Waals surface area contributed by atoms with E-state index in [1.807, 2.05) is 24.3 Å². The van der Waals surface area contributed by atoms with Crippen molar-refractivity contribution < 1.29 is 32.9 Å². The zero-order valence-corrected chi connectivity index (χ0v) is 18.1. The van der Waals surface area contributed by atoms with Crippen molar-refractivity contribution in [3.8, 4) is 23.0 Å². The first kappa shape index (κ1) is 20.4. The lowest BCUT2D eigenvalue weighted by Gasteiger charge is -2.22. The first-order valence-corrected chi connectivity index (χ1v) is 10.0. The van der Waals surface area contributed by atoms with Crippen LogP contribution in [0, 0.1) is 0 Å². The Morgan fingerprint density at radius 2 is 1.64 bits per heavy atom. The van der Waals surface area contributed by atoms with Crippen LogP contribution < -0.4 is 18.9 Å². The molecule has 0 radical (unpaired) electrons. The van der Waals surface area contributed by atoms with Crippen LogP contribution in [-0.2, 0) is 9.53 Å². The summed E-state index contributed by atoms with van der Waals surface area (Å²) >= 11 is 0. The summed E-state index contributed by atoms with van der Waals surface area (Å²) in [6.07, 6.45) is 3.23. The molecule has 0 fully saturated rings. The Bertz CT molecular complexity index is 1310. The number of carbonyl (C=O) groups excluding carboxylic acids is 1. The molecule has 166 valence electrons. The van der Waals surface area contributed by atoms with E-state index in [-0.39, 0.29) is 11.6 Å². The maximum Gasteiger partial charge on any atom is 0.364 e. The molecule has 0 bridgehead atoms. The van der Waals surface area contributed by atoms with E-state index in [1.165, 1.54) is 13.4 Å². The second-order valence-corrected chi connectivity index (χ2v) is 7.07. The Morgan fingerprint density at radius 1 is 0.879 bits per heavy atom. The third-order valence-corrected chi connectivity index (χ3v) is 5.20. The van der Waals surface area contributed by atoms with E-state index in [9.17, 15) is 4.79 Å². The highest BCUT2D eigenvalue weighted by Gasteiger charge is 2.32. The quantitative estimate of drug-likeness (QED) is 0.423. The van der Waals surface area contributed by atoms with Crippen LogP contribution in [0.25, 0.3) is 11.3 Å². The second kappa shape index (κ2) is 8.23. The van der Waals surface area contributed by atoms with Crippen LogP contribution in [0.3, 0.4) is 0 Å². The minimum Gasteiger partial charge on any atom is -0.493 e. The van der Waals surface area contributed by atoms with Gasteiger partial charge in [-0.05, 0) is 36.4 Å². The number of esters is 1. The fraction of sp³-hybridized carbons (Fsp3) is 0.120. The van der Waals surface area contributed by atoms with Crippen LogP contribution in [-0.4, -0.2) is 33.2 Å². The minimum atomic E-state index is -0.575. The summed E-state index contributed by atoms with van der Waals surface area (Å²) in [4.78, 5) is 17.2. The van der Waals surface area contributed by atoms with Crippen LogP contribution in [0.4, 0.5) is 0 Å². The number of rotatable bonds is 5. The first-order valence-electron chi connectivity index (χ1n) is 10.0. The van der Waals surface area contributed by atoms with E-state index < -0.39 is 5.97 Å². The van der Waals surface area contributed by atoms with Gasteiger partial charge in [-0.25, -0.2) is 9.79 Å². The van der Waals surface area contributed by atoms with Gasteiger partial charge in [0.2, 0.25) is 5.75 Å². The molecule has 3 aromatic rings. The van der Waals surface area contributed by atoms with Crippen molar-refractivity contribution in [3.05, 3.63) is 83.5 Å². The Labute approximate surface area is 189 Å². The van der Waals surface area contributed by atoms with Gasteiger partial charge in [-0.15, -0.1) is 0 Å². The number of nitrogens with zero attached hydrogens (tertiary/aromatic N) is 1. The Balaban J connectivity index is 1.69. The normalized spacial score (nSPS) is 16.9. The van der Waals surface area contributed by atoms with Crippen molar-refractivity contribution >= 4 is 23.2 Å². The second-order valence-electron chi connectivity index (χ2n) is 7.07. The van der Waals surface area contributed by atoms with Crippen LogP contribution in [0.2, 0.25) is 0 Å². The zero-order chi connectivity index (χ0) is 22.9. The predicted octanol–water partition coefficient (Wildman–Crippen LogP) is 4.45. The summed E-state index contributed by atoms with van der Waals surface area (Å²) in [5.41, 5.74) is 2.10. The summed E-state index contributed by atoms with van der Waals surface area (Å²) in [5, 5.41) is 0. The average molecular weight is 445 g/mol. The average Bonchev–Trinajstić information content (AvgIpc) is 3.52. The van der Waals surface area contributed by atoms with Crippen molar-refractivity contribution in [2.24, 2.45) is 4.99 Å². The molecule has 33 heavy (non-hydrogen) atoms. The van der Waals surface area contributed by atoms with Crippen LogP contribution in [0.5, 0.6) is 23.0 Å². The Hall–Kier alpha value is -4.46. The number of carbonyl (C=O) groups is 1. The molecular formula is C25H19NO7. The summed E-state index contributed by atoms with van der Waals surface area (Å²) in [6, 6.07) is 14.3. The molecule has 0 saturated carbocycles. The van der Waals surface area contributed by atoms with E-state index in [0.717, 1.165) is 0 Å². The number of furan rings is 1. The number of methoxy groups -OCH3 is 3. The van der Waals surface area contributed by atoms with E-state index in [4.69, 9.17) is 28.1 Å². The number of ether oxygens (including phenoxy) is 5. The molecule has 1 aromatic heterocycles. The van der Waals surface area contributed by atoms with Crippen LogP contribution >= 0.6 is 0 Å². The number of cyclic esters (lactones) is 1. The molecule has 3 heterocycles. The highest BCUT2D eigenvalue weighted by Crippen LogP contribution is 2.44. The lowest BCUT2D eigenvalue weighted by molar-refractivity contribution is -0.130. The maximum absolute atomic E-state index is 12.8. The number of benzene rings is 2. The van der Waals surface area contributed by atoms with Crippen LogP contribution in [0.15, 0.2) is 76.0 Å². The van der Waals surface area contributed by atoms with E-state index in [0.29, 0.717) is 51.2 Å². The molecule has 0 amide bonds. The van der Waals surface area contributed by atoms with Gasteiger partial charge in [0.25, 0.3) is 5.90 Å². The molecule has 8 heteroatoms. The maximum atomic E-state index is 12.8. The minimum absolute atomic E-state index is 0.110. The van der Waals surface area contributed by atoms with Gasteiger partial charge in [0.05, 0.1) is 27.6 Å². The molecule has 2 aliphatic rings. The third-order valence-electron chi connectivity index (χ3n) is 5.20. The van der Waals surface area contributed by atoms with Gasteiger partial charge in [0.1, 0.15) is 11.5 Å². The molecule has 0 aliphatic carbocycles. The number of fused-ring (bicyclic) bond motifs is 1. The number of hydrogen-bond acceptors (Lipinski definition) is 8. The van der Waals surface area contributed by atoms with Gasteiger partial charge >= 0.3 is 5.97 Å². The molecular weight excluding hydrogens is 426 g/mol. The lowest BCUT2D eigenvalue weighted by atomic mass is 9.97. The Kier molecular flexibility index (Phi) is 5.10. The van der Waals surface area contributed by atoms with Gasteiger partial charge in [-0.1, -0.05) is 18.2 Å². The van der Waals surface area contributed by atoms with Crippen molar-refractivity contribution in [3.63, 3.8) is 0 Å². The topological polar surface area (TPSA) is 88.7 Å². The standard InChI is InChI=1S/C25H19NO7/c1-28-20-11-14(12-21(29-2)23(20)30-3)19-13-16(15-7-4-5-8-17(15)32-19)22-25(27)33-24(26-22)18-9-6-10-31-18/h4-13H,1-3H3/b22-16-. The first-order chi connectivity index (χ1) is 16.1. The van der Waals surface area contributed by atoms with Gasteiger partial charge in [-0.3, -0.25) is 0 Å². The number of allylic oxidation sites excluding steroid dienone is 2. The summed E-state index contributed by atoms with van der Waals surface area (Å²) in [5.74, 6) is 2.36. The van der Waals surface area contributed by atoms with E-state index in [1.54, 1.807) is 44.6 Å². The highest BCUT2D eigenvalue weighted by molar-refractivity contribution is 6.15. The molecule has 0 atom stereocenters. The molecule has 0 unspecified atom stereocenters. The summed E-state index contributed by atoms with van der Waals surface area (Å²) < 4.78 is 33.2. The van der Waals surface area contributed by atoms with E-state index >= 15 is 0 Å². The van der Waals surface area contributed by atoms with Gasteiger partial charge in [-0.2, -0.15) is 0 Å². The highest BCUT2D eigenvalue weighted by atomic mass is 16.6. The monoisotopic (exact) mass is 445 g/mol. The number of para-hydroxylation sites is 1.